The minimum Gasteiger partial charge on any atom is -0.481 e. The Hall–Kier alpha value is -2.92. The van der Waals surface area contributed by atoms with E-state index in [4.69, 9.17) is 9.84 Å². The monoisotopic (exact) mass is 349 g/mol. The number of aliphatic carboxylic acids is 1. The summed E-state index contributed by atoms with van der Waals surface area (Å²) in [6.45, 7) is 0.910. The molecule has 1 N–H and O–H groups in total. The van der Waals surface area contributed by atoms with E-state index in [0.29, 0.717) is 25.2 Å². The molecule has 5 heteroatoms. The van der Waals surface area contributed by atoms with Gasteiger partial charge >= 0.3 is 5.97 Å². The SMILES string of the molecule is Cn1c(=O)c(-c2ccc(CCC(=O)O)c3c2COC3)cc2ccccc21. The van der Waals surface area contributed by atoms with Gasteiger partial charge in [-0.1, -0.05) is 30.3 Å². The minimum atomic E-state index is -0.815. The molecule has 26 heavy (non-hydrogen) atoms. The van der Waals surface area contributed by atoms with Crippen LogP contribution in [0.15, 0.2) is 47.3 Å². The second-order valence-corrected chi connectivity index (χ2v) is 6.60. The van der Waals surface area contributed by atoms with E-state index in [2.05, 4.69) is 0 Å². The fraction of sp³-hybridized carbons (Fsp3) is 0.238. The van der Waals surface area contributed by atoms with Crippen molar-refractivity contribution in [1.29, 1.82) is 0 Å². The van der Waals surface area contributed by atoms with Crippen molar-refractivity contribution < 1.29 is 14.6 Å². The average molecular weight is 349 g/mol. The van der Waals surface area contributed by atoms with Gasteiger partial charge in [-0.3, -0.25) is 9.59 Å². The fourth-order valence-electron chi connectivity index (χ4n) is 3.68. The molecule has 0 fully saturated rings. The summed E-state index contributed by atoms with van der Waals surface area (Å²) < 4.78 is 7.30. The maximum Gasteiger partial charge on any atom is 0.303 e. The maximum absolute atomic E-state index is 12.9. The van der Waals surface area contributed by atoms with E-state index in [1.807, 2.05) is 42.5 Å². The molecule has 0 unspecified atom stereocenters. The number of carbonyl (C=O) groups is 1. The van der Waals surface area contributed by atoms with Crippen molar-refractivity contribution in [3.05, 3.63) is 69.5 Å². The molecule has 1 aromatic heterocycles. The quantitative estimate of drug-likeness (QED) is 0.785. The zero-order valence-electron chi connectivity index (χ0n) is 14.5. The molecular formula is C21H19NO4. The second-order valence-electron chi connectivity index (χ2n) is 6.60. The van der Waals surface area contributed by atoms with Crippen LogP contribution < -0.4 is 5.56 Å². The molecular weight excluding hydrogens is 330 g/mol. The van der Waals surface area contributed by atoms with Crippen LogP contribution in [0.2, 0.25) is 0 Å². The van der Waals surface area contributed by atoms with Crippen molar-refractivity contribution in [3.8, 4) is 11.1 Å². The van der Waals surface area contributed by atoms with Gasteiger partial charge in [0.25, 0.3) is 5.56 Å². The van der Waals surface area contributed by atoms with E-state index >= 15 is 0 Å². The van der Waals surface area contributed by atoms with Crippen LogP contribution >= 0.6 is 0 Å². The first-order chi connectivity index (χ1) is 12.6. The van der Waals surface area contributed by atoms with Crippen LogP contribution in [-0.4, -0.2) is 15.6 Å². The molecule has 0 amide bonds. The van der Waals surface area contributed by atoms with Gasteiger partial charge in [-0.05, 0) is 46.2 Å². The summed E-state index contributed by atoms with van der Waals surface area (Å²) in [5.74, 6) is -0.815. The molecule has 3 aromatic rings. The summed E-state index contributed by atoms with van der Waals surface area (Å²) >= 11 is 0. The zero-order valence-corrected chi connectivity index (χ0v) is 14.5. The predicted molar refractivity (Wildman–Crippen MR) is 99.1 cm³/mol. The molecule has 0 radical (unpaired) electrons. The Labute approximate surface area is 150 Å². The van der Waals surface area contributed by atoms with E-state index in [0.717, 1.165) is 33.2 Å². The molecule has 0 atom stereocenters. The molecule has 0 saturated carbocycles. The highest BCUT2D eigenvalue weighted by atomic mass is 16.5. The largest absolute Gasteiger partial charge is 0.481 e. The third-order valence-corrected chi connectivity index (χ3v) is 5.05. The topological polar surface area (TPSA) is 68.5 Å². The summed E-state index contributed by atoms with van der Waals surface area (Å²) in [4.78, 5) is 23.8. The Morgan fingerprint density at radius 2 is 1.88 bits per heavy atom. The Bertz CT molecular complexity index is 1080. The van der Waals surface area contributed by atoms with Gasteiger partial charge in [0.1, 0.15) is 0 Å². The van der Waals surface area contributed by atoms with Crippen molar-refractivity contribution in [2.45, 2.75) is 26.1 Å². The summed E-state index contributed by atoms with van der Waals surface area (Å²) in [5.41, 5.74) is 5.39. The lowest BCUT2D eigenvalue weighted by atomic mass is 9.92. The number of benzene rings is 2. The molecule has 2 aromatic carbocycles. The standard InChI is InChI=1S/C21H19NO4/c1-22-19-5-3-2-4-14(19)10-16(21(22)25)15-8-6-13(7-9-20(23)24)17-11-26-12-18(15)17/h2-6,8,10H,7,9,11-12H2,1H3,(H,23,24). The summed E-state index contributed by atoms with van der Waals surface area (Å²) in [5, 5.41) is 9.95. The molecule has 0 saturated heterocycles. The lowest BCUT2D eigenvalue weighted by Gasteiger charge is -2.14. The third kappa shape index (κ3) is 2.70. The highest BCUT2D eigenvalue weighted by Gasteiger charge is 2.22. The van der Waals surface area contributed by atoms with Gasteiger partial charge in [-0.25, -0.2) is 0 Å². The first-order valence-corrected chi connectivity index (χ1v) is 8.58. The number of aryl methyl sites for hydroxylation is 2. The Kier molecular flexibility index (Phi) is 4.09. The number of hydrogen-bond donors (Lipinski definition) is 1. The smallest absolute Gasteiger partial charge is 0.303 e. The van der Waals surface area contributed by atoms with Crippen molar-refractivity contribution in [2.24, 2.45) is 7.05 Å². The number of nitrogens with zero attached hydrogens (tertiary/aromatic N) is 1. The number of fused-ring (bicyclic) bond motifs is 2. The Morgan fingerprint density at radius 3 is 2.69 bits per heavy atom. The first-order valence-electron chi connectivity index (χ1n) is 8.58. The Balaban J connectivity index is 1.88. The molecule has 0 bridgehead atoms. The van der Waals surface area contributed by atoms with Crippen LogP contribution in [-0.2, 0) is 36.2 Å². The van der Waals surface area contributed by atoms with Gasteiger partial charge < -0.3 is 14.4 Å². The number of hydrogen-bond acceptors (Lipinski definition) is 3. The van der Waals surface area contributed by atoms with Gasteiger partial charge in [0, 0.05) is 19.0 Å². The number of para-hydroxylation sites is 1. The fourth-order valence-corrected chi connectivity index (χ4v) is 3.68. The number of rotatable bonds is 4. The molecule has 0 spiro atoms. The van der Waals surface area contributed by atoms with Crippen molar-refractivity contribution in [2.75, 3.05) is 0 Å². The number of pyridine rings is 1. The normalized spacial score (nSPS) is 13.1. The predicted octanol–water partition coefficient (Wildman–Crippen LogP) is 3.25. The molecule has 4 rings (SSSR count). The second kappa shape index (κ2) is 6.42. The molecule has 1 aliphatic rings. The lowest BCUT2D eigenvalue weighted by molar-refractivity contribution is -0.136. The molecule has 132 valence electrons. The highest BCUT2D eigenvalue weighted by molar-refractivity contribution is 5.85. The number of aromatic nitrogens is 1. The molecule has 1 aliphatic heterocycles. The van der Waals surface area contributed by atoms with Gasteiger partial charge in [0.2, 0.25) is 0 Å². The average Bonchev–Trinajstić information content (AvgIpc) is 3.13. The van der Waals surface area contributed by atoms with Gasteiger partial charge in [-0.2, -0.15) is 0 Å². The van der Waals surface area contributed by atoms with Crippen LogP contribution in [0.5, 0.6) is 0 Å². The zero-order chi connectivity index (χ0) is 18.3. The van der Waals surface area contributed by atoms with Gasteiger partial charge in [0.15, 0.2) is 0 Å². The minimum absolute atomic E-state index is 0.0453. The summed E-state index contributed by atoms with van der Waals surface area (Å²) in [6.07, 6.45) is 0.556. The Morgan fingerprint density at radius 1 is 1.12 bits per heavy atom. The van der Waals surface area contributed by atoms with Crippen molar-refractivity contribution in [1.82, 2.24) is 4.57 Å². The van der Waals surface area contributed by atoms with Crippen LogP contribution in [0.25, 0.3) is 22.0 Å². The molecule has 0 aliphatic carbocycles. The van der Waals surface area contributed by atoms with Crippen LogP contribution in [0, 0.1) is 0 Å². The summed E-state index contributed by atoms with van der Waals surface area (Å²) in [7, 11) is 1.78. The van der Waals surface area contributed by atoms with E-state index in [-0.39, 0.29) is 12.0 Å². The van der Waals surface area contributed by atoms with Gasteiger partial charge in [0.05, 0.1) is 18.7 Å². The number of ether oxygens (including phenoxy) is 1. The van der Waals surface area contributed by atoms with Crippen molar-refractivity contribution >= 4 is 16.9 Å². The van der Waals surface area contributed by atoms with E-state index in [9.17, 15) is 9.59 Å². The number of carboxylic acids is 1. The van der Waals surface area contributed by atoms with Crippen molar-refractivity contribution in [3.63, 3.8) is 0 Å². The van der Waals surface area contributed by atoms with Crippen LogP contribution in [0.1, 0.15) is 23.1 Å². The van der Waals surface area contributed by atoms with E-state index in [1.54, 1.807) is 11.6 Å². The summed E-state index contributed by atoms with van der Waals surface area (Å²) in [6, 6.07) is 13.6. The number of carboxylic acid groups (broad SMARTS) is 1. The maximum atomic E-state index is 12.9. The van der Waals surface area contributed by atoms with Crippen LogP contribution in [0.3, 0.4) is 0 Å². The lowest BCUT2D eigenvalue weighted by Crippen LogP contribution is -2.19. The van der Waals surface area contributed by atoms with Crippen LogP contribution in [0.4, 0.5) is 0 Å². The molecule has 2 heterocycles. The highest BCUT2D eigenvalue weighted by Crippen LogP contribution is 2.33. The van der Waals surface area contributed by atoms with E-state index < -0.39 is 5.97 Å². The van der Waals surface area contributed by atoms with Gasteiger partial charge in [-0.15, -0.1) is 0 Å². The first kappa shape index (κ1) is 16.5. The third-order valence-electron chi connectivity index (χ3n) is 5.05. The van der Waals surface area contributed by atoms with E-state index in [1.165, 1.54) is 0 Å². The molecule has 5 nitrogen and oxygen atoms in total.